The van der Waals surface area contributed by atoms with Crippen LogP contribution in [0.5, 0.6) is 0 Å². The third kappa shape index (κ3) is 5.54. The molecule has 0 amide bonds. The number of fused-ring (bicyclic) bond motifs is 9. The molecule has 318 valence electrons. The largest absolute Gasteiger partial charge is 0.0714 e. The van der Waals surface area contributed by atoms with Gasteiger partial charge in [0.25, 0.3) is 0 Å². The summed E-state index contributed by atoms with van der Waals surface area (Å²) in [6.07, 6.45) is 0. The molecule has 0 nitrogen and oxygen atoms in total. The molecule has 0 heteroatoms. The quantitative estimate of drug-likeness (QED) is 0.156. The average molecular weight is 855 g/mol. The first-order valence-electron chi connectivity index (χ1n) is 23.8. The van der Waals surface area contributed by atoms with E-state index in [-0.39, 0.29) is 10.8 Å². The highest BCUT2D eigenvalue weighted by Gasteiger charge is 2.48. The molecule has 67 heavy (non-hydrogen) atoms. The Morgan fingerprint density at radius 3 is 1.10 bits per heavy atom. The van der Waals surface area contributed by atoms with Gasteiger partial charge in [-0.1, -0.05) is 246 Å². The Bertz CT molecular complexity index is 3480. The Hall–Kier alpha value is -7.80. The predicted molar refractivity (Wildman–Crippen MR) is 281 cm³/mol. The number of hydrogen-bond acceptors (Lipinski definition) is 0. The summed E-state index contributed by atoms with van der Waals surface area (Å²) in [4.78, 5) is 0. The van der Waals surface area contributed by atoms with E-state index in [1.54, 1.807) is 0 Å². The Labute approximate surface area is 394 Å². The topological polar surface area (TPSA) is 0 Å². The molecule has 3 aliphatic rings. The van der Waals surface area contributed by atoms with Crippen molar-refractivity contribution in [1.29, 1.82) is 0 Å². The van der Waals surface area contributed by atoms with Gasteiger partial charge in [0.1, 0.15) is 0 Å². The van der Waals surface area contributed by atoms with Crippen molar-refractivity contribution in [1.82, 2.24) is 0 Å². The Morgan fingerprint density at radius 1 is 0.224 bits per heavy atom. The fourth-order valence-electron chi connectivity index (χ4n) is 12.8. The minimum atomic E-state index is -0.653. The monoisotopic (exact) mass is 854 g/mol. The predicted octanol–water partition coefficient (Wildman–Crippen LogP) is 17.3. The molecule has 0 saturated carbocycles. The van der Waals surface area contributed by atoms with Gasteiger partial charge in [-0.2, -0.15) is 0 Å². The van der Waals surface area contributed by atoms with Gasteiger partial charge in [0.05, 0.1) is 5.41 Å². The summed E-state index contributed by atoms with van der Waals surface area (Å²) in [5.74, 6) is 0. The summed E-state index contributed by atoms with van der Waals surface area (Å²) < 4.78 is 0. The van der Waals surface area contributed by atoms with Gasteiger partial charge >= 0.3 is 0 Å². The first-order valence-corrected chi connectivity index (χ1v) is 23.8. The van der Waals surface area contributed by atoms with Gasteiger partial charge in [0.2, 0.25) is 0 Å². The van der Waals surface area contributed by atoms with E-state index in [1.807, 2.05) is 0 Å². The molecule has 10 aromatic rings. The summed E-state index contributed by atoms with van der Waals surface area (Å²) in [6, 6.07) is 87.2. The number of rotatable bonds is 6. The number of hydrogen-bond donors (Lipinski definition) is 0. The van der Waals surface area contributed by atoms with Crippen LogP contribution >= 0.6 is 0 Å². The molecule has 0 saturated heterocycles. The molecule has 0 heterocycles. The van der Waals surface area contributed by atoms with E-state index in [1.165, 1.54) is 122 Å². The van der Waals surface area contributed by atoms with E-state index >= 15 is 0 Å². The summed E-state index contributed by atoms with van der Waals surface area (Å²) in [6.45, 7) is 9.51. The van der Waals surface area contributed by atoms with E-state index < -0.39 is 5.41 Å². The van der Waals surface area contributed by atoms with Gasteiger partial charge in [0.15, 0.2) is 0 Å². The molecule has 0 N–H and O–H groups in total. The molecule has 10 aromatic carbocycles. The van der Waals surface area contributed by atoms with Crippen molar-refractivity contribution in [3.05, 3.63) is 275 Å². The van der Waals surface area contributed by atoms with E-state index in [9.17, 15) is 0 Å². The Morgan fingerprint density at radius 2 is 0.567 bits per heavy atom. The minimum Gasteiger partial charge on any atom is -0.0622 e. The Balaban J connectivity index is 1.10. The molecule has 0 radical (unpaired) electrons. The maximum absolute atomic E-state index is 2.52. The summed E-state index contributed by atoms with van der Waals surface area (Å²) >= 11 is 0. The molecular formula is C67H50. The molecule has 3 aliphatic carbocycles. The summed E-state index contributed by atoms with van der Waals surface area (Å²) in [5.41, 5.74) is 27.7. The lowest BCUT2D eigenvalue weighted by Crippen LogP contribution is -2.28. The van der Waals surface area contributed by atoms with Crippen LogP contribution in [0.25, 0.3) is 77.9 Å². The second kappa shape index (κ2) is 14.6. The fourth-order valence-corrected chi connectivity index (χ4v) is 12.8. The molecule has 0 aliphatic heterocycles. The first kappa shape index (κ1) is 39.6. The first-order chi connectivity index (χ1) is 32.8. The lowest BCUT2D eigenvalue weighted by atomic mass is 9.66. The van der Waals surface area contributed by atoms with E-state index in [2.05, 4.69) is 258 Å². The molecule has 13 rings (SSSR count). The van der Waals surface area contributed by atoms with Gasteiger partial charge in [0, 0.05) is 10.8 Å². The van der Waals surface area contributed by atoms with Crippen molar-refractivity contribution in [2.45, 2.75) is 43.9 Å². The fraction of sp³-hybridized carbons (Fsp3) is 0.104. The van der Waals surface area contributed by atoms with Crippen LogP contribution in [0.2, 0.25) is 0 Å². The van der Waals surface area contributed by atoms with Crippen molar-refractivity contribution < 1.29 is 0 Å². The van der Waals surface area contributed by atoms with Crippen LogP contribution in [0.3, 0.4) is 0 Å². The molecule has 0 fully saturated rings. The smallest absolute Gasteiger partial charge is 0.0622 e. The van der Waals surface area contributed by atoms with Crippen LogP contribution in [0.4, 0.5) is 0 Å². The highest BCUT2D eigenvalue weighted by molar-refractivity contribution is 6.00. The van der Waals surface area contributed by atoms with Crippen molar-refractivity contribution in [2.24, 2.45) is 0 Å². The minimum absolute atomic E-state index is 0.0929. The standard InChI is InChI=1S/C67H50/c1-65(2)56-35-13-10-29-53(56)62-49(32-18-38-59(62)65)44-23-16-25-46(41-44)67(47-26-17-24-45(42-47)50-33-19-39-60-63(50)54-30-11-14-36-57(54)66(60,3)4)58-37-15-12-31-55(58)64-52(34-20-40-61(64)67)51-28-9-8-27-48(51)43-21-6-5-7-22-43/h5-42H,1-4H3. The highest BCUT2D eigenvalue weighted by atomic mass is 14.5. The van der Waals surface area contributed by atoms with E-state index in [0.717, 1.165) is 0 Å². The highest BCUT2D eigenvalue weighted by Crippen LogP contribution is 2.60. The SMILES string of the molecule is CC1(C)c2ccccc2-c2c(-c3cccc(C4(c5cccc(-c6cccc7c6-c6ccccc6C7(C)C)c5)c5ccccc5-c5c(-c6ccccc6-c6ccccc6)cccc54)c3)cccc21. The number of benzene rings is 10. The van der Waals surface area contributed by atoms with E-state index in [4.69, 9.17) is 0 Å². The third-order valence-electron chi connectivity index (χ3n) is 15.8. The molecule has 0 spiro atoms. The van der Waals surface area contributed by atoms with Crippen LogP contribution in [0, 0.1) is 0 Å². The van der Waals surface area contributed by atoms with Gasteiger partial charge in [-0.05, 0) is 135 Å². The maximum atomic E-state index is 2.52. The molecule has 0 unspecified atom stereocenters. The van der Waals surface area contributed by atoms with Gasteiger partial charge < -0.3 is 0 Å². The second-order valence-corrected chi connectivity index (χ2v) is 19.9. The molecule has 0 atom stereocenters. The molecule has 0 bridgehead atoms. The van der Waals surface area contributed by atoms with Crippen molar-refractivity contribution in [2.75, 3.05) is 0 Å². The van der Waals surface area contributed by atoms with Gasteiger partial charge in [-0.15, -0.1) is 0 Å². The Kier molecular flexibility index (Phi) is 8.62. The van der Waals surface area contributed by atoms with Crippen LogP contribution in [0.15, 0.2) is 231 Å². The van der Waals surface area contributed by atoms with Crippen LogP contribution in [-0.4, -0.2) is 0 Å². The zero-order chi connectivity index (χ0) is 45.1. The van der Waals surface area contributed by atoms with Crippen LogP contribution in [0.1, 0.15) is 72.2 Å². The lowest BCUT2D eigenvalue weighted by Gasteiger charge is -2.35. The maximum Gasteiger partial charge on any atom is 0.0714 e. The molecule has 0 aromatic heterocycles. The van der Waals surface area contributed by atoms with Crippen molar-refractivity contribution in [3.63, 3.8) is 0 Å². The summed E-state index contributed by atoms with van der Waals surface area (Å²) in [5, 5.41) is 0. The second-order valence-electron chi connectivity index (χ2n) is 19.9. The lowest BCUT2D eigenvalue weighted by molar-refractivity contribution is 0.660. The van der Waals surface area contributed by atoms with Crippen molar-refractivity contribution >= 4 is 0 Å². The normalized spacial score (nSPS) is 14.9. The molecular weight excluding hydrogens is 805 g/mol. The van der Waals surface area contributed by atoms with Crippen LogP contribution < -0.4 is 0 Å². The zero-order valence-corrected chi connectivity index (χ0v) is 38.4. The third-order valence-corrected chi connectivity index (χ3v) is 15.8. The van der Waals surface area contributed by atoms with Crippen LogP contribution in [-0.2, 0) is 16.2 Å². The summed E-state index contributed by atoms with van der Waals surface area (Å²) in [7, 11) is 0. The van der Waals surface area contributed by atoms with Gasteiger partial charge in [-0.25, -0.2) is 0 Å². The van der Waals surface area contributed by atoms with E-state index in [0.29, 0.717) is 0 Å². The average Bonchev–Trinajstić information content (AvgIpc) is 3.92. The van der Waals surface area contributed by atoms with Gasteiger partial charge in [-0.3, -0.25) is 0 Å². The zero-order valence-electron chi connectivity index (χ0n) is 38.4. The van der Waals surface area contributed by atoms with Crippen molar-refractivity contribution in [3.8, 4) is 77.9 Å².